The summed E-state index contributed by atoms with van der Waals surface area (Å²) in [6, 6.07) is 0. The second-order valence-electron chi connectivity index (χ2n) is 7.18. The first-order valence-electron chi connectivity index (χ1n) is 9.25. The molecule has 1 aliphatic heterocycles. The molecule has 14 heteroatoms. The summed E-state index contributed by atoms with van der Waals surface area (Å²) in [6.45, 7) is 1.79. The third kappa shape index (κ3) is 4.31. The van der Waals surface area contributed by atoms with E-state index in [9.17, 15) is 24.3 Å². The predicted molar refractivity (Wildman–Crippen MR) is 114 cm³/mol. The summed E-state index contributed by atoms with van der Waals surface area (Å²) in [5, 5.41) is 18.3. The lowest BCUT2D eigenvalue weighted by Crippen LogP contribution is -2.34. The van der Waals surface area contributed by atoms with E-state index in [1.807, 2.05) is 22.6 Å². The van der Waals surface area contributed by atoms with Crippen LogP contribution in [-0.2, 0) is 17.8 Å². The number of nitrogens with one attached hydrogen (secondary N) is 2. The average molecular weight is 543 g/mol. The average Bonchev–Trinajstić information content (AvgIpc) is 3.29. The first-order valence-corrected chi connectivity index (χ1v) is 10.3. The van der Waals surface area contributed by atoms with Crippen LogP contribution in [0.25, 0.3) is 0 Å². The highest BCUT2D eigenvalue weighted by Gasteiger charge is 2.36. The van der Waals surface area contributed by atoms with E-state index in [1.165, 1.54) is 32.4 Å². The van der Waals surface area contributed by atoms with Gasteiger partial charge in [-0.2, -0.15) is 0 Å². The Morgan fingerprint density at radius 1 is 1.19 bits per heavy atom. The molecule has 1 aliphatic rings. The normalized spacial score (nSPS) is 20.9. The summed E-state index contributed by atoms with van der Waals surface area (Å²) < 4.78 is 10.3. The fourth-order valence-electron chi connectivity index (χ4n) is 3.35. The maximum atomic E-state index is 12.1. The first-order chi connectivity index (χ1) is 14.7. The number of halogens is 1. The summed E-state index contributed by atoms with van der Waals surface area (Å²) >= 11 is 1.83. The third-order valence-corrected chi connectivity index (χ3v) is 5.78. The molecule has 0 unspecified atom stereocenters. The van der Waals surface area contributed by atoms with E-state index in [1.54, 1.807) is 6.92 Å². The van der Waals surface area contributed by atoms with Crippen molar-refractivity contribution >= 4 is 22.6 Å². The Hall–Kier alpha value is -2.85. The van der Waals surface area contributed by atoms with E-state index in [0.717, 1.165) is 0 Å². The van der Waals surface area contributed by atoms with Gasteiger partial charge in [0.05, 0.1) is 34.7 Å². The molecule has 0 saturated carbocycles. The van der Waals surface area contributed by atoms with E-state index >= 15 is 0 Å². The summed E-state index contributed by atoms with van der Waals surface area (Å²) in [4.78, 5) is 51.7. The molecular formula is C17H18IN7O6. The van der Waals surface area contributed by atoms with Crippen LogP contribution in [0.1, 0.15) is 23.9 Å². The number of ether oxygens (including phenoxy) is 1. The second-order valence-corrected chi connectivity index (χ2v) is 8.34. The van der Waals surface area contributed by atoms with Gasteiger partial charge in [-0.3, -0.25) is 28.7 Å². The first kappa shape index (κ1) is 21.4. The summed E-state index contributed by atoms with van der Waals surface area (Å²) in [5.41, 5.74) is -1.22. The predicted octanol–water partition coefficient (Wildman–Crippen LogP) is -1.71. The molecule has 4 rings (SSSR count). The zero-order chi connectivity index (χ0) is 22.3. The molecular weight excluding hydrogens is 525 g/mol. The summed E-state index contributed by atoms with van der Waals surface area (Å²) in [5.74, 6) is 0. The number of aryl methyl sites for hydroxylation is 1. The van der Waals surface area contributed by atoms with E-state index in [2.05, 4.69) is 20.3 Å². The largest absolute Gasteiger partial charge is 0.390 e. The molecule has 0 aliphatic carbocycles. The van der Waals surface area contributed by atoms with Gasteiger partial charge in [-0.25, -0.2) is 14.3 Å². The molecule has 0 spiro atoms. The van der Waals surface area contributed by atoms with Crippen molar-refractivity contribution in [3.05, 3.63) is 75.1 Å². The number of rotatable bonds is 5. The van der Waals surface area contributed by atoms with Crippen molar-refractivity contribution in [2.45, 2.75) is 44.9 Å². The van der Waals surface area contributed by atoms with Crippen molar-refractivity contribution in [2.24, 2.45) is 0 Å². The molecule has 3 atom stereocenters. The van der Waals surface area contributed by atoms with E-state index < -0.39 is 40.9 Å². The maximum absolute atomic E-state index is 12.1. The van der Waals surface area contributed by atoms with Crippen LogP contribution < -0.4 is 22.5 Å². The van der Waals surface area contributed by atoms with Gasteiger partial charge in [-0.15, -0.1) is 5.10 Å². The van der Waals surface area contributed by atoms with Crippen LogP contribution in [0.5, 0.6) is 0 Å². The lowest BCUT2D eigenvalue weighted by atomic mass is 10.2. The molecule has 31 heavy (non-hydrogen) atoms. The minimum absolute atomic E-state index is 0.101. The van der Waals surface area contributed by atoms with Crippen molar-refractivity contribution in [3.63, 3.8) is 0 Å². The van der Waals surface area contributed by atoms with Crippen molar-refractivity contribution in [1.82, 2.24) is 34.1 Å². The smallest absolute Gasteiger partial charge is 0.330 e. The van der Waals surface area contributed by atoms with E-state index in [4.69, 9.17) is 4.74 Å². The number of nitrogens with zero attached hydrogens (tertiary/aromatic N) is 5. The molecule has 3 aromatic rings. The Morgan fingerprint density at radius 2 is 1.94 bits per heavy atom. The minimum Gasteiger partial charge on any atom is -0.390 e. The van der Waals surface area contributed by atoms with Gasteiger partial charge in [-0.1, -0.05) is 5.21 Å². The second kappa shape index (κ2) is 8.35. The number of hydrogen-bond donors (Lipinski definition) is 3. The van der Waals surface area contributed by atoms with Gasteiger partial charge in [0, 0.05) is 24.4 Å². The lowest BCUT2D eigenvalue weighted by molar-refractivity contribution is -0.0306. The minimum atomic E-state index is -0.891. The molecule has 0 radical (unpaired) electrons. The van der Waals surface area contributed by atoms with Crippen molar-refractivity contribution in [2.75, 3.05) is 0 Å². The SMILES string of the molecule is Cc1cn([C@H]2C[C@H](O)[C@@H](Cn3nncc3Cn3cc(I)c(=O)[nH]c3=O)O2)c(=O)[nH]c1=O. The summed E-state index contributed by atoms with van der Waals surface area (Å²) in [7, 11) is 0. The molecule has 4 heterocycles. The van der Waals surface area contributed by atoms with Crippen LogP contribution >= 0.6 is 22.6 Å². The lowest BCUT2D eigenvalue weighted by Gasteiger charge is -2.17. The highest BCUT2D eigenvalue weighted by Crippen LogP contribution is 2.28. The van der Waals surface area contributed by atoms with Crippen molar-refractivity contribution < 1.29 is 9.84 Å². The molecule has 164 valence electrons. The van der Waals surface area contributed by atoms with Gasteiger partial charge < -0.3 is 9.84 Å². The van der Waals surface area contributed by atoms with Crippen LogP contribution in [0, 0.1) is 10.5 Å². The van der Waals surface area contributed by atoms with Crippen LogP contribution in [0.4, 0.5) is 0 Å². The number of aromatic nitrogens is 7. The molecule has 0 amide bonds. The number of H-pyrrole nitrogens is 2. The zero-order valence-corrected chi connectivity index (χ0v) is 18.3. The van der Waals surface area contributed by atoms with Gasteiger partial charge >= 0.3 is 11.4 Å². The van der Waals surface area contributed by atoms with Gasteiger partial charge in [0.1, 0.15) is 12.3 Å². The Kier molecular flexibility index (Phi) is 5.76. The van der Waals surface area contributed by atoms with Gasteiger partial charge in [0.15, 0.2) is 0 Å². The Morgan fingerprint density at radius 3 is 2.71 bits per heavy atom. The molecule has 3 aromatic heterocycles. The molecule has 0 bridgehead atoms. The molecule has 13 nitrogen and oxygen atoms in total. The van der Waals surface area contributed by atoms with E-state index in [-0.39, 0.29) is 19.5 Å². The molecule has 1 saturated heterocycles. The fourth-order valence-corrected chi connectivity index (χ4v) is 3.82. The van der Waals surface area contributed by atoms with Crippen LogP contribution in [0.15, 0.2) is 37.8 Å². The van der Waals surface area contributed by atoms with Gasteiger partial charge in [0.25, 0.3) is 11.1 Å². The molecule has 0 aromatic carbocycles. The quantitative estimate of drug-likeness (QED) is 0.320. The van der Waals surface area contributed by atoms with Gasteiger partial charge in [0.2, 0.25) is 0 Å². The van der Waals surface area contributed by atoms with Crippen LogP contribution in [0.2, 0.25) is 0 Å². The van der Waals surface area contributed by atoms with E-state index in [0.29, 0.717) is 14.8 Å². The fraction of sp³-hybridized carbons (Fsp3) is 0.412. The number of aliphatic hydroxyl groups excluding tert-OH is 1. The van der Waals surface area contributed by atoms with Crippen molar-refractivity contribution in [1.29, 1.82) is 0 Å². The summed E-state index contributed by atoms with van der Waals surface area (Å²) in [6.07, 6.45) is 2.11. The number of aliphatic hydroxyl groups is 1. The maximum Gasteiger partial charge on any atom is 0.330 e. The van der Waals surface area contributed by atoms with Crippen LogP contribution in [-0.4, -0.2) is 51.4 Å². The highest BCUT2D eigenvalue weighted by atomic mass is 127. The Bertz CT molecular complexity index is 1350. The zero-order valence-electron chi connectivity index (χ0n) is 16.2. The highest BCUT2D eigenvalue weighted by molar-refractivity contribution is 14.1. The van der Waals surface area contributed by atoms with Crippen LogP contribution in [0.3, 0.4) is 0 Å². The standard InChI is InChI=1S/C17H18IN7O6/c1-8-4-24(17(30)20-14(8)27)13-2-11(26)12(31-13)7-25-9(3-19-22-25)5-23-6-10(18)15(28)21-16(23)29/h3-4,6,11-13,26H,2,5,7H2,1H3,(H,20,27,30)(H,21,28,29)/t11-,12+,13+/m0/s1. The Labute approximate surface area is 186 Å². The number of aromatic amines is 2. The monoisotopic (exact) mass is 543 g/mol. The molecule has 1 fully saturated rings. The third-order valence-electron chi connectivity index (χ3n) is 5.01. The van der Waals surface area contributed by atoms with Gasteiger partial charge in [-0.05, 0) is 29.5 Å². The number of hydrogen-bond acceptors (Lipinski definition) is 8. The molecule has 3 N–H and O–H groups in total. The van der Waals surface area contributed by atoms with Crippen molar-refractivity contribution in [3.8, 4) is 0 Å². The Balaban J connectivity index is 1.53. The topological polar surface area (TPSA) is 170 Å².